The highest BCUT2D eigenvalue weighted by Gasteiger charge is 2.38. The van der Waals surface area contributed by atoms with Crippen molar-refractivity contribution >= 4 is 18.4 Å². The zero-order chi connectivity index (χ0) is 9.73. The molecule has 1 atom stereocenters. The first-order valence-corrected chi connectivity index (χ1v) is 4.69. The van der Waals surface area contributed by atoms with Crippen LogP contribution in [0.4, 0.5) is 0 Å². The van der Waals surface area contributed by atoms with Crippen LogP contribution in [-0.2, 0) is 9.53 Å². The number of rotatable bonds is 3. The number of nitrogens with one attached hydrogen (secondary N) is 1. The fraction of sp³-hybridized carbons (Fsp3) is 0.700. The molecule has 0 aromatic rings. The fourth-order valence-corrected chi connectivity index (χ4v) is 1.84. The molecule has 1 aliphatic heterocycles. The Kier molecular flexibility index (Phi) is 5.81. The van der Waals surface area contributed by atoms with Crippen LogP contribution in [0.2, 0.25) is 0 Å². The van der Waals surface area contributed by atoms with E-state index in [4.69, 9.17) is 4.74 Å². The van der Waals surface area contributed by atoms with Crippen molar-refractivity contribution in [3.8, 4) is 0 Å². The second kappa shape index (κ2) is 6.04. The number of carbonyl (C=O) groups excluding carboxylic acids is 1. The van der Waals surface area contributed by atoms with Crippen LogP contribution in [-0.4, -0.2) is 25.2 Å². The van der Waals surface area contributed by atoms with E-state index in [-0.39, 0.29) is 18.4 Å². The van der Waals surface area contributed by atoms with Crippen molar-refractivity contribution in [1.29, 1.82) is 0 Å². The van der Waals surface area contributed by atoms with Crippen LogP contribution in [0.15, 0.2) is 12.7 Å². The van der Waals surface area contributed by atoms with Gasteiger partial charge in [-0.2, -0.15) is 0 Å². The Bertz CT molecular complexity index is 200. The molecule has 3 nitrogen and oxygen atoms in total. The lowest BCUT2D eigenvalue weighted by Gasteiger charge is -2.34. The highest BCUT2D eigenvalue weighted by atomic mass is 35.5. The molecule has 0 aromatic carbocycles. The summed E-state index contributed by atoms with van der Waals surface area (Å²) in [6.07, 6.45) is 5.49. The number of halogens is 1. The number of hydrogen-bond acceptors (Lipinski definition) is 3. The highest BCUT2D eigenvalue weighted by Crippen LogP contribution is 2.24. The van der Waals surface area contributed by atoms with Gasteiger partial charge in [-0.15, -0.1) is 19.0 Å². The Morgan fingerprint density at radius 3 is 2.79 bits per heavy atom. The van der Waals surface area contributed by atoms with Crippen molar-refractivity contribution in [2.24, 2.45) is 0 Å². The number of methoxy groups -OCH3 is 1. The number of esters is 1. The molecule has 1 fully saturated rings. The molecule has 1 aliphatic rings. The molecule has 1 heterocycles. The molecule has 1 rings (SSSR count). The third-order valence-electron chi connectivity index (χ3n) is 2.56. The molecule has 82 valence electrons. The van der Waals surface area contributed by atoms with E-state index in [1.807, 2.05) is 0 Å². The van der Waals surface area contributed by atoms with E-state index in [1.54, 1.807) is 6.08 Å². The van der Waals surface area contributed by atoms with E-state index in [9.17, 15) is 4.79 Å². The van der Waals surface area contributed by atoms with Crippen molar-refractivity contribution < 1.29 is 9.53 Å². The summed E-state index contributed by atoms with van der Waals surface area (Å²) < 4.78 is 4.80. The molecule has 0 radical (unpaired) electrons. The van der Waals surface area contributed by atoms with E-state index in [0.717, 1.165) is 25.8 Å². The molecule has 1 unspecified atom stereocenters. The summed E-state index contributed by atoms with van der Waals surface area (Å²) in [5.74, 6) is -0.160. The predicted molar refractivity (Wildman–Crippen MR) is 58.7 cm³/mol. The van der Waals surface area contributed by atoms with Gasteiger partial charge < -0.3 is 10.1 Å². The fourth-order valence-electron chi connectivity index (χ4n) is 1.84. The van der Waals surface area contributed by atoms with E-state index in [0.29, 0.717) is 6.42 Å². The third-order valence-corrected chi connectivity index (χ3v) is 2.56. The van der Waals surface area contributed by atoms with Gasteiger partial charge in [-0.25, -0.2) is 0 Å². The van der Waals surface area contributed by atoms with Gasteiger partial charge in [0, 0.05) is 0 Å². The lowest BCUT2D eigenvalue weighted by Crippen LogP contribution is -2.54. The number of carbonyl (C=O) groups is 1. The molecule has 0 saturated carbocycles. The minimum atomic E-state index is -0.491. The molecule has 0 spiro atoms. The van der Waals surface area contributed by atoms with Crippen molar-refractivity contribution in [2.45, 2.75) is 31.2 Å². The Labute approximate surface area is 91.3 Å². The molecule has 14 heavy (non-hydrogen) atoms. The molecule has 0 bridgehead atoms. The van der Waals surface area contributed by atoms with Gasteiger partial charge in [0.15, 0.2) is 0 Å². The Hall–Kier alpha value is -0.540. The SMILES string of the molecule is C=CCC1(C(=O)OC)CCCCN1.Cl. The minimum Gasteiger partial charge on any atom is -0.468 e. The largest absolute Gasteiger partial charge is 0.468 e. The molecule has 1 saturated heterocycles. The van der Waals surface area contributed by atoms with Gasteiger partial charge in [0.1, 0.15) is 5.54 Å². The Morgan fingerprint density at radius 1 is 1.64 bits per heavy atom. The first kappa shape index (κ1) is 13.5. The van der Waals surface area contributed by atoms with Gasteiger partial charge in [0.05, 0.1) is 7.11 Å². The van der Waals surface area contributed by atoms with Crippen molar-refractivity contribution in [1.82, 2.24) is 5.32 Å². The first-order chi connectivity index (χ1) is 6.25. The van der Waals surface area contributed by atoms with E-state index < -0.39 is 5.54 Å². The van der Waals surface area contributed by atoms with Crippen LogP contribution in [0.25, 0.3) is 0 Å². The maximum absolute atomic E-state index is 11.5. The summed E-state index contributed by atoms with van der Waals surface area (Å²) in [7, 11) is 1.43. The van der Waals surface area contributed by atoms with Gasteiger partial charge in [0.25, 0.3) is 0 Å². The standard InChI is InChI=1S/C10H17NO2.ClH/c1-3-6-10(9(12)13-2)7-4-5-8-11-10;/h3,11H,1,4-8H2,2H3;1H. The average molecular weight is 220 g/mol. The quantitative estimate of drug-likeness (QED) is 0.580. The molecule has 0 aromatic heterocycles. The molecule has 0 aliphatic carbocycles. The zero-order valence-corrected chi connectivity index (χ0v) is 9.36. The summed E-state index contributed by atoms with van der Waals surface area (Å²) in [5.41, 5.74) is -0.491. The normalized spacial score (nSPS) is 26.1. The van der Waals surface area contributed by atoms with Crippen molar-refractivity contribution in [2.75, 3.05) is 13.7 Å². The van der Waals surface area contributed by atoms with E-state index in [1.165, 1.54) is 7.11 Å². The van der Waals surface area contributed by atoms with Crippen LogP contribution in [0.1, 0.15) is 25.7 Å². The van der Waals surface area contributed by atoms with Crippen LogP contribution < -0.4 is 5.32 Å². The average Bonchev–Trinajstić information content (AvgIpc) is 2.18. The summed E-state index contributed by atoms with van der Waals surface area (Å²) in [5, 5.41) is 3.24. The second-order valence-electron chi connectivity index (χ2n) is 3.45. The minimum absolute atomic E-state index is 0. The number of piperidine rings is 1. The van der Waals surface area contributed by atoms with Crippen LogP contribution in [0, 0.1) is 0 Å². The van der Waals surface area contributed by atoms with Crippen LogP contribution >= 0.6 is 12.4 Å². The molecule has 1 N–H and O–H groups in total. The third kappa shape index (κ3) is 2.72. The Morgan fingerprint density at radius 2 is 2.36 bits per heavy atom. The summed E-state index contributed by atoms with van der Waals surface area (Å²) in [6, 6.07) is 0. The first-order valence-electron chi connectivity index (χ1n) is 4.69. The highest BCUT2D eigenvalue weighted by molar-refractivity contribution is 5.85. The lowest BCUT2D eigenvalue weighted by molar-refractivity contribution is -0.149. The summed E-state index contributed by atoms with van der Waals surface area (Å²) in [6.45, 7) is 4.56. The van der Waals surface area contributed by atoms with Crippen LogP contribution in [0.3, 0.4) is 0 Å². The summed E-state index contributed by atoms with van der Waals surface area (Å²) in [4.78, 5) is 11.5. The Balaban J connectivity index is 0.00000169. The molecule has 4 heteroatoms. The van der Waals surface area contributed by atoms with Crippen molar-refractivity contribution in [3.05, 3.63) is 12.7 Å². The predicted octanol–water partition coefficient (Wildman–Crippen LogP) is 1.67. The zero-order valence-electron chi connectivity index (χ0n) is 8.54. The van der Waals surface area contributed by atoms with Gasteiger partial charge in [-0.3, -0.25) is 4.79 Å². The lowest BCUT2D eigenvalue weighted by atomic mass is 9.86. The van der Waals surface area contributed by atoms with E-state index in [2.05, 4.69) is 11.9 Å². The van der Waals surface area contributed by atoms with Gasteiger partial charge in [-0.05, 0) is 32.2 Å². The topological polar surface area (TPSA) is 38.3 Å². The second-order valence-corrected chi connectivity index (χ2v) is 3.45. The monoisotopic (exact) mass is 219 g/mol. The number of ether oxygens (including phenoxy) is 1. The molecule has 0 amide bonds. The van der Waals surface area contributed by atoms with Crippen molar-refractivity contribution in [3.63, 3.8) is 0 Å². The van der Waals surface area contributed by atoms with Gasteiger partial charge in [0.2, 0.25) is 0 Å². The smallest absolute Gasteiger partial charge is 0.326 e. The van der Waals surface area contributed by atoms with Gasteiger partial charge >= 0.3 is 5.97 Å². The maximum atomic E-state index is 11.5. The van der Waals surface area contributed by atoms with E-state index >= 15 is 0 Å². The summed E-state index contributed by atoms with van der Waals surface area (Å²) >= 11 is 0. The number of hydrogen-bond donors (Lipinski definition) is 1. The molecular formula is C10H18ClNO2. The van der Waals surface area contributed by atoms with Crippen LogP contribution in [0.5, 0.6) is 0 Å². The maximum Gasteiger partial charge on any atom is 0.326 e. The van der Waals surface area contributed by atoms with Gasteiger partial charge in [-0.1, -0.05) is 6.08 Å². The molecular weight excluding hydrogens is 202 g/mol.